The summed E-state index contributed by atoms with van der Waals surface area (Å²) in [5.74, 6) is 1.24. The first-order valence-electron chi connectivity index (χ1n) is 8.91. The summed E-state index contributed by atoms with van der Waals surface area (Å²) in [6.45, 7) is -1.44. The number of rotatable bonds is 3. The number of fused-ring (bicyclic) bond motifs is 1. The Balaban J connectivity index is 0.000000516. The molecular weight excluding hydrogens is 385 g/mol. The number of hydrogen-bond donors (Lipinski definition) is 1. The average molecular weight is 406 g/mol. The number of aryl methyl sites for hydroxylation is 1. The molecule has 8 heteroatoms. The number of nitrogens with two attached hydrogens (primary N) is 1. The van der Waals surface area contributed by atoms with E-state index in [9.17, 15) is 13.2 Å². The van der Waals surface area contributed by atoms with Crippen molar-refractivity contribution < 1.29 is 13.2 Å². The molecule has 3 aromatic heterocycles. The predicted molar refractivity (Wildman–Crippen MR) is 109 cm³/mol. The smallest absolute Gasteiger partial charge is 0.379 e. The molecule has 0 atom stereocenters. The number of hydrogen-bond acceptors (Lipinski definition) is 5. The van der Waals surface area contributed by atoms with Crippen molar-refractivity contribution in [2.45, 2.75) is 38.8 Å². The second-order valence-corrected chi connectivity index (χ2v) is 7.63. The van der Waals surface area contributed by atoms with Crippen molar-refractivity contribution in [3.05, 3.63) is 40.4 Å². The van der Waals surface area contributed by atoms with E-state index in [2.05, 4.69) is 29.0 Å². The summed E-state index contributed by atoms with van der Waals surface area (Å²) in [6.07, 6.45) is 7.51. The van der Waals surface area contributed by atoms with Gasteiger partial charge in [-0.3, -0.25) is 4.99 Å². The quantitative estimate of drug-likeness (QED) is 0.564. The largest absolute Gasteiger partial charge is 0.383 e. The molecule has 1 aliphatic rings. The lowest BCUT2D eigenvalue weighted by Gasteiger charge is -2.24. The zero-order valence-electron chi connectivity index (χ0n) is 15.6. The van der Waals surface area contributed by atoms with Crippen LogP contribution in [0.3, 0.4) is 0 Å². The Kier molecular flexibility index (Phi) is 6.28. The van der Waals surface area contributed by atoms with E-state index in [1.54, 1.807) is 19.5 Å². The minimum absolute atomic E-state index is 0.490. The van der Waals surface area contributed by atoms with Crippen LogP contribution in [-0.4, -0.2) is 29.9 Å². The van der Waals surface area contributed by atoms with Crippen molar-refractivity contribution in [1.82, 2.24) is 9.97 Å². The third kappa shape index (κ3) is 4.32. The maximum absolute atomic E-state index is 9.67. The number of aromatic nitrogens is 2. The predicted octanol–water partition coefficient (Wildman–Crippen LogP) is 5.74. The lowest BCUT2D eigenvalue weighted by atomic mass is 9.83. The van der Waals surface area contributed by atoms with Crippen LogP contribution in [0.5, 0.6) is 0 Å². The van der Waals surface area contributed by atoms with E-state index >= 15 is 0 Å². The molecule has 0 aromatic carbocycles. The number of nitrogen functional groups attached to an aromatic ring is 1. The molecule has 0 radical (unpaired) electrons. The maximum Gasteiger partial charge on any atom is 0.379 e. The van der Waals surface area contributed by atoms with E-state index in [4.69, 9.17) is 10.7 Å². The van der Waals surface area contributed by atoms with Crippen molar-refractivity contribution >= 4 is 33.6 Å². The molecule has 2 N–H and O–H groups in total. The van der Waals surface area contributed by atoms with E-state index in [0.717, 1.165) is 27.6 Å². The number of nitrogens with zero attached hydrogens (tertiary/aromatic N) is 3. The highest BCUT2D eigenvalue weighted by atomic mass is 32.1. The first-order valence-corrected chi connectivity index (χ1v) is 9.72. The van der Waals surface area contributed by atoms with Gasteiger partial charge in [0, 0.05) is 40.8 Å². The number of anilines is 1. The molecule has 0 bridgehead atoms. The highest BCUT2D eigenvalue weighted by Gasteiger charge is 2.24. The highest BCUT2D eigenvalue weighted by Crippen LogP contribution is 2.44. The fourth-order valence-corrected chi connectivity index (χ4v) is 4.56. The van der Waals surface area contributed by atoms with Crippen molar-refractivity contribution in [1.29, 1.82) is 0 Å². The Morgan fingerprint density at radius 2 is 2.00 bits per heavy atom. The minimum Gasteiger partial charge on any atom is -0.383 e. The molecule has 3 aromatic rings. The first kappa shape index (κ1) is 20.3. The third-order valence-corrected chi connectivity index (χ3v) is 6.19. The summed E-state index contributed by atoms with van der Waals surface area (Å²) < 4.78 is 29.0. The van der Waals surface area contributed by atoms with Crippen LogP contribution in [0, 0.1) is 6.92 Å². The number of alkyl halides is 3. The second-order valence-electron chi connectivity index (χ2n) is 6.60. The van der Waals surface area contributed by atoms with Crippen LogP contribution in [0.15, 0.2) is 29.4 Å². The van der Waals surface area contributed by atoms with Crippen molar-refractivity contribution in [3.63, 3.8) is 0 Å². The van der Waals surface area contributed by atoms with E-state index in [0.29, 0.717) is 5.82 Å². The molecule has 1 aliphatic carbocycles. The van der Waals surface area contributed by atoms with Gasteiger partial charge in [0.15, 0.2) is 0 Å². The van der Waals surface area contributed by atoms with Crippen molar-refractivity contribution in [2.75, 3.05) is 12.8 Å². The Hall–Kier alpha value is -2.48. The Labute approximate surface area is 165 Å². The van der Waals surface area contributed by atoms with Crippen LogP contribution in [-0.2, 0) is 0 Å². The minimum atomic E-state index is -3.67. The monoisotopic (exact) mass is 406 g/mol. The molecule has 0 aliphatic heterocycles. The number of halogens is 3. The van der Waals surface area contributed by atoms with Gasteiger partial charge in [0.25, 0.3) is 0 Å². The van der Waals surface area contributed by atoms with Crippen molar-refractivity contribution in [3.8, 4) is 11.3 Å². The molecule has 0 spiro atoms. The van der Waals surface area contributed by atoms with Gasteiger partial charge in [0.1, 0.15) is 10.6 Å². The third-order valence-electron chi connectivity index (χ3n) is 4.83. The van der Waals surface area contributed by atoms with Gasteiger partial charge in [-0.15, -0.1) is 11.3 Å². The summed E-state index contributed by atoms with van der Waals surface area (Å²) >= 11 is 1.85. The second kappa shape index (κ2) is 8.68. The average Bonchev–Trinajstić information content (AvgIpc) is 2.91. The molecule has 148 valence electrons. The molecule has 1 fully saturated rings. The standard InChI is InChI=1S/C19H20N4S.CHF3/c1-11-15-6-7-16(13-8-14(9-21-2)18(20)22-10-13)23-19(15)24-17(11)12-4-3-5-12;2-1(3)4/h6-10,12H,3-5H2,1-2H3,(H2,20,22);1H. The molecule has 0 saturated heterocycles. The first-order chi connectivity index (χ1) is 13.4. The molecule has 4 rings (SSSR count). The van der Waals surface area contributed by atoms with Crippen LogP contribution in [0.4, 0.5) is 19.0 Å². The Morgan fingerprint density at radius 1 is 1.29 bits per heavy atom. The summed E-state index contributed by atoms with van der Waals surface area (Å²) in [5, 5.41) is 1.28. The van der Waals surface area contributed by atoms with Gasteiger partial charge in [-0.1, -0.05) is 6.42 Å². The van der Waals surface area contributed by atoms with Gasteiger partial charge in [-0.25, -0.2) is 9.97 Å². The zero-order valence-corrected chi connectivity index (χ0v) is 16.4. The highest BCUT2D eigenvalue weighted by molar-refractivity contribution is 7.19. The van der Waals surface area contributed by atoms with Crippen LogP contribution in [0.1, 0.15) is 41.2 Å². The van der Waals surface area contributed by atoms with Gasteiger partial charge in [-0.05, 0) is 49.4 Å². The van der Waals surface area contributed by atoms with Gasteiger partial charge in [0.2, 0.25) is 0 Å². The topological polar surface area (TPSA) is 64.2 Å². The summed E-state index contributed by atoms with van der Waals surface area (Å²) in [5.41, 5.74) is 10.0. The summed E-state index contributed by atoms with van der Waals surface area (Å²) in [4.78, 5) is 15.9. The molecule has 3 heterocycles. The molecule has 4 nitrogen and oxygen atoms in total. The molecule has 0 unspecified atom stereocenters. The summed E-state index contributed by atoms with van der Waals surface area (Å²) in [7, 11) is 1.73. The number of pyridine rings is 2. The van der Waals surface area contributed by atoms with Crippen molar-refractivity contribution in [2.24, 2.45) is 4.99 Å². The van der Waals surface area contributed by atoms with E-state index < -0.39 is 6.68 Å². The maximum atomic E-state index is 9.67. The normalized spacial score (nSPS) is 14.4. The SMILES string of the molecule is CN=Cc1cc(-c2ccc3c(C)c(C4CCC4)sc3n2)cnc1N.FC(F)F. The fourth-order valence-electron chi connectivity index (χ4n) is 3.21. The van der Waals surface area contributed by atoms with Crippen LogP contribution >= 0.6 is 11.3 Å². The molecule has 28 heavy (non-hydrogen) atoms. The lowest BCUT2D eigenvalue weighted by Crippen LogP contribution is -2.07. The fraction of sp³-hybridized carbons (Fsp3) is 0.350. The lowest BCUT2D eigenvalue weighted by molar-refractivity contribution is 0.00819. The summed E-state index contributed by atoms with van der Waals surface area (Å²) in [6, 6.07) is 6.26. The number of thiophene rings is 1. The Bertz CT molecular complexity index is 994. The Morgan fingerprint density at radius 3 is 2.61 bits per heavy atom. The molecule has 1 saturated carbocycles. The van der Waals surface area contributed by atoms with Gasteiger partial charge < -0.3 is 5.73 Å². The van der Waals surface area contributed by atoms with Crippen LogP contribution in [0.2, 0.25) is 0 Å². The van der Waals surface area contributed by atoms with E-state index in [1.807, 2.05) is 17.4 Å². The van der Waals surface area contributed by atoms with Gasteiger partial charge in [-0.2, -0.15) is 13.2 Å². The van der Waals surface area contributed by atoms with E-state index in [1.165, 1.54) is 35.1 Å². The van der Waals surface area contributed by atoms with Gasteiger partial charge in [0.05, 0.1) is 5.69 Å². The zero-order chi connectivity index (χ0) is 20.3. The number of aliphatic imine (C=N–C) groups is 1. The van der Waals surface area contributed by atoms with Crippen LogP contribution < -0.4 is 5.73 Å². The van der Waals surface area contributed by atoms with Gasteiger partial charge >= 0.3 is 6.68 Å². The van der Waals surface area contributed by atoms with Crippen LogP contribution in [0.25, 0.3) is 21.5 Å². The molecular formula is C20H21F3N4S. The molecule has 0 amide bonds. The van der Waals surface area contributed by atoms with E-state index in [-0.39, 0.29) is 0 Å².